The van der Waals surface area contributed by atoms with Gasteiger partial charge in [-0.05, 0) is 23.1 Å². The van der Waals surface area contributed by atoms with Gasteiger partial charge >= 0.3 is 0 Å². The molecule has 0 saturated carbocycles. The summed E-state index contributed by atoms with van der Waals surface area (Å²) in [5, 5.41) is 13.7. The normalized spacial score (nSPS) is 12.4. The number of nitrogens with one attached hydrogen (secondary N) is 1. The smallest absolute Gasteiger partial charge is 0.244 e. The fraction of sp³-hybridized carbons (Fsp3) is 0.235. The van der Waals surface area contributed by atoms with E-state index in [9.17, 15) is 4.79 Å². The van der Waals surface area contributed by atoms with E-state index in [0.717, 1.165) is 10.4 Å². The predicted octanol–water partition coefficient (Wildman–Crippen LogP) is 2.63. The van der Waals surface area contributed by atoms with E-state index in [1.54, 1.807) is 17.4 Å². The van der Waals surface area contributed by atoms with Gasteiger partial charge in [0.05, 0.1) is 13.2 Å². The minimum Gasteiger partial charge on any atom is -0.394 e. The Bertz CT molecular complexity index is 581. The van der Waals surface area contributed by atoms with Crippen LogP contribution in [0.3, 0.4) is 0 Å². The van der Waals surface area contributed by atoms with E-state index in [-0.39, 0.29) is 25.2 Å². The Balaban J connectivity index is 1.86. The van der Waals surface area contributed by atoms with Crippen LogP contribution in [0.25, 0.3) is 6.08 Å². The maximum absolute atomic E-state index is 11.9. The van der Waals surface area contributed by atoms with E-state index >= 15 is 0 Å². The van der Waals surface area contributed by atoms with Crippen molar-refractivity contribution in [3.05, 3.63) is 64.4 Å². The topological polar surface area (TPSA) is 58.6 Å². The van der Waals surface area contributed by atoms with E-state index in [4.69, 9.17) is 9.84 Å². The highest BCUT2D eigenvalue weighted by molar-refractivity contribution is 7.10. The molecule has 4 nitrogen and oxygen atoms in total. The van der Waals surface area contributed by atoms with Crippen LogP contribution in [0.15, 0.2) is 53.9 Å². The number of amides is 1. The summed E-state index contributed by atoms with van der Waals surface area (Å²) >= 11 is 1.57. The minimum atomic E-state index is -0.235. The lowest BCUT2D eigenvalue weighted by atomic mass is 10.2. The van der Waals surface area contributed by atoms with Gasteiger partial charge in [0, 0.05) is 17.5 Å². The number of thiophene rings is 1. The molecule has 0 bridgehead atoms. The summed E-state index contributed by atoms with van der Waals surface area (Å²) in [7, 11) is 0. The number of carbonyl (C=O) groups is 1. The van der Waals surface area contributed by atoms with Gasteiger partial charge in [0.2, 0.25) is 5.91 Å². The number of aliphatic hydroxyl groups is 1. The van der Waals surface area contributed by atoms with Crippen LogP contribution in [0.4, 0.5) is 0 Å². The number of hydrogen-bond acceptors (Lipinski definition) is 4. The number of ether oxygens (including phenoxy) is 1. The number of hydrogen-bond donors (Lipinski definition) is 2. The van der Waals surface area contributed by atoms with Crippen LogP contribution in [-0.4, -0.2) is 30.8 Å². The van der Waals surface area contributed by atoms with Crippen molar-refractivity contribution in [2.75, 3.05) is 19.8 Å². The third-order valence-corrected chi connectivity index (χ3v) is 3.92. The first-order valence-electron chi connectivity index (χ1n) is 7.06. The Kier molecular flexibility index (Phi) is 6.83. The summed E-state index contributed by atoms with van der Waals surface area (Å²) in [4.78, 5) is 12.9. The van der Waals surface area contributed by atoms with Gasteiger partial charge in [-0.2, -0.15) is 0 Å². The lowest BCUT2D eigenvalue weighted by Crippen LogP contribution is -2.28. The highest BCUT2D eigenvalue weighted by Crippen LogP contribution is 2.21. The molecular formula is C17H19NO3S. The Morgan fingerprint density at radius 2 is 2.09 bits per heavy atom. The van der Waals surface area contributed by atoms with Gasteiger partial charge in [-0.25, -0.2) is 0 Å². The monoisotopic (exact) mass is 317 g/mol. The zero-order valence-electron chi connectivity index (χ0n) is 12.1. The van der Waals surface area contributed by atoms with Crippen molar-refractivity contribution in [2.24, 2.45) is 0 Å². The summed E-state index contributed by atoms with van der Waals surface area (Å²) in [6.07, 6.45) is 3.04. The SMILES string of the molecule is O=C(/C=C/c1ccccc1)NCC(OCCO)c1cccs1. The third kappa shape index (κ3) is 5.44. The fourth-order valence-corrected chi connectivity index (χ4v) is 2.67. The summed E-state index contributed by atoms with van der Waals surface area (Å²) in [6.45, 7) is 0.584. The molecule has 2 N–H and O–H groups in total. The highest BCUT2D eigenvalue weighted by Gasteiger charge is 2.13. The van der Waals surface area contributed by atoms with Crippen molar-refractivity contribution in [3.63, 3.8) is 0 Å². The molecule has 2 rings (SSSR count). The molecule has 1 aromatic heterocycles. The number of benzene rings is 1. The second kappa shape index (κ2) is 9.15. The molecule has 1 amide bonds. The molecule has 0 aliphatic carbocycles. The van der Waals surface area contributed by atoms with Gasteiger partial charge in [-0.3, -0.25) is 4.79 Å². The largest absolute Gasteiger partial charge is 0.394 e. The van der Waals surface area contributed by atoms with Crippen molar-refractivity contribution < 1.29 is 14.6 Å². The average molecular weight is 317 g/mol. The van der Waals surface area contributed by atoms with Gasteiger partial charge in [0.25, 0.3) is 0 Å². The van der Waals surface area contributed by atoms with E-state index in [1.165, 1.54) is 6.08 Å². The van der Waals surface area contributed by atoms with E-state index < -0.39 is 0 Å². The van der Waals surface area contributed by atoms with Gasteiger partial charge in [0.15, 0.2) is 0 Å². The van der Waals surface area contributed by atoms with Crippen LogP contribution in [0.5, 0.6) is 0 Å². The second-order valence-electron chi connectivity index (χ2n) is 4.59. The molecule has 116 valence electrons. The van der Waals surface area contributed by atoms with Crippen LogP contribution >= 0.6 is 11.3 Å². The highest BCUT2D eigenvalue weighted by atomic mass is 32.1. The molecule has 1 atom stereocenters. The molecule has 2 aromatic rings. The molecule has 22 heavy (non-hydrogen) atoms. The fourth-order valence-electron chi connectivity index (χ4n) is 1.90. The van der Waals surface area contributed by atoms with Gasteiger partial charge in [-0.1, -0.05) is 36.4 Å². The molecule has 1 unspecified atom stereocenters. The summed E-state index contributed by atoms with van der Waals surface area (Å²) in [5.41, 5.74) is 0.976. The first-order chi connectivity index (χ1) is 10.8. The Morgan fingerprint density at radius 1 is 1.27 bits per heavy atom. The zero-order chi connectivity index (χ0) is 15.6. The molecule has 5 heteroatoms. The Labute approximate surface area is 134 Å². The molecule has 1 heterocycles. The third-order valence-electron chi connectivity index (χ3n) is 2.96. The zero-order valence-corrected chi connectivity index (χ0v) is 13.0. The molecule has 0 aliphatic heterocycles. The lowest BCUT2D eigenvalue weighted by molar-refractivity contribution is -0.117. The summed E-state index contributed by atoms with van der Waals surface area (Å²) in [6, 6.07) is 13.5. The maximum atomic E-state index is 11.9. The molecule has 1 aromatic carbocycles. The molecule has 0 spiro atoms. The van der Waals surface area contributed by atoms with E-state index in [2.05, 4.69) is 5.32 Å². The van der Waals surface area contributed by atoms with Crippen LogP contribution in [0, 0.1) is 0 Å². The Hall–Kier alpha value is -1.95. The molecular weight excluding hydrogens is 298 g/mol. The van der Waals surface area contributed by atoms with Crippen molar-refractivity contribution in [1.82, 2.24) is 5.32 Å². The predicted molar refractivity (Wildman–Crippen MR) is 88.6 cm³/mol. The Morgan fingerprint density at radius 3 is 2.77 bits per heavy atom. The maximum Gasteiger partial charge on any atom is 0.244 e. The van der Waals surface area contributed by atoms with Crippen molar-refractivity contribution in [2.45, 2.75) is 6.10 Å². The summed E-state index contributed by atoms with van der Waals surface area (Å²) < 4.78 is 5.57. The van der Waals surface area contributed by atoms with Gasteiger partial charge in [0.1, 0.15) is 6.10 Å². The van der Waals surface area contributed by atoms with E-state index in [1.807, 2.05) is 47.8 Å². The molecule has 0 aliphatic rings. The summed E-state index contributed by atoms with van der Waals surface area (Å²) in [5.74, 6) is -0.169. The minimum absolute atomic E-state index is 0.0380. The lowest BCUT2D eigenvalue weighted by Gasteiger charge is -2.16. The quantitative estimate of drug-likeness (QED) is 0.736. The molecule has 0 radical (unpaired) electrons. The number of rotatable bonds is 8. The molecule has 0 fully saturated rings. The van der Waals surface area contributed by atoms with Crippen LogP contribution in [-0.2, 0) is 9.53 Å². The van der Waals surface area contributed by atoms with Crippen LogP contribution in [0.2, 0.25) is 0 Å². The van der Waals surface area contributed by atoms with Crippen molar-refractivity contribution in [3.8, 4) is 0 Å². The first-order valence-corrected chi connectivity index (χ1v) is 7.94. The van der Waals surface area contributed by atoms with Gasteiger partial charge in [-0.15, -0.1) is 11.3 Å². The van der Waals surface area contributed by atoms with Crippen LogP contribution in [0.1, 0.15) is 16.5 Å². The first kappa shape index (κ1) is 16.4. The average Bonchev–Trinajstić information content (AvgIpc) is 3.08. The van der Waals surface area contributed by atoms with Crippen molar-refractivity contribution in [1.29, 1.82) is 0 Å². The second-order valence-corrected chi connectivity index (χ2v) is 5.57. The number of carbonyl (C=O) groups excluding carboxylic acids is 1. The number of aliphatic hydroxyl groups excluding tert-OH is 1. The van der Waals surface area contributed by atoms with Crippen molar-refractivity contribution >= 4 is 23.3 Å². The van der Waals surface area contributed by atoms with Gasteiger partial charge < -0.3 is 15.2 Å². The van der Waals surface area contributed by atoms with Crippen LogP contribution < -0.4 is 5.32 Å². The molecule has 0 saturated heterocycles. The standard InChI is InChI=1S/C17H19NO3S/c19-10-11-21-15(16-7-4-12-22-16)13-18-17(20)9-8-14-5-2-1-3-6-14/h1-9,12,15,19H,10-11,13H2,(H,18,20)/b9-8+. The van der Waals surface area contributed by atoms with E-state index in [0.29, 0.717) is 6.54 Å².